The molecule has 0 bridgehead atoms. The van der Waals surface area contributed by atoms with E-state index in [4.69, 9.17) is 16.3 Å². The Morgan fingerprint density at radius 2 is 0.826 bits per heavy atom. The number of methoxy groups -OCH3 is 1. The zero-order valence-corrected chi connectivity index (χ0v) is 56.9. The molecule has 13 saturated carbocycles. The molecule has 24 atom stereocenters. The maximum absolute atomic E-state index is 11.2. The lowest BCUT2D eigenvalue weighted by Crippen LogP contribution is -2.52. The topological polar surface area (TPSA) is 201 Å². The quantitative estimate of drug-likeness (QED) is 0.121. The minimum absolute atomic E-state index is 0.352. The fourth-order valence-electron chi connectivity index (χ4n) is 25.6. The Hall–Kier alpha value is -4.32. The van der Waals surface area contributed by atoms with E-state index >= 15 is 0 Å². The predicted octanol–water partition coefficient (Wildman–Crippen LogP) is 12.9. The average molecular weight is 1280 g/mol. The van der Waals surface area contributed by atoms with Gasteiger partial charge in [0.15, 0.2) is 19.0 Å². The average Bonchev–Trinajstić information content (AvgIpc) is 1.40. The fraction of sp³-hybridized carbons (Fsp3) is 0.827. The van der Waals surface area contributed by atoms with E-state index < -0.39 is 16.8 Å². The van der Waals surface area contributed by atoms with Crippen molar-refractivity contribution in [1.82, 2.24) is 60.6 Å². The predicted molar refractivity (Wildman–Crippen MR) is 354 cm³/mol. The first-order valence-corrected chi connectivity index (χ1v) is 37.2. The molecule has 13 aliphatic carbocycles. The van der Waals surface area contributed by atoms with Gasteiger partial charge >= 0.3 is 0 Å². The highest BCUT2D eigenvalue weighted by molar-refractivity contribution is 6.30. The molecule has 17 heteroatoms. The van der Waals surface area contributed by atoms with Crippen molar-refractivity contribution < 1.29 is 20.1 Å². The maximum atomic E-state index is 11.2. The van der Waals surface area contributed by atoms with E-state index in [2.05, 4.69) is 110 Å². The first-order valence-electron chi connectivity index (χ1n) is 36.8. The van der Waals surface area contributed by atoms with Crippen LogP contribution < -0.4 is 0 Å². The lowest BCUT2D eigenvalue weighted by atomic mass is 9.48. The van der Waals surface area contributed by atoms with E-state index in [1.54, 1.807) is 21.5 Å². The van der Waals surface area contributed by atoms with Crippen LogP contribution in [-0.2, 0) is 24.4 Å². The summed E-state index contributed by atoms with van der Waals surface area (Å²) in [6, 6.07) is 0. The van der Waals surface area contributed by atoms with Crippen molar-refractivity contribution in [3.05, 3.63) is 55.4 Å². The molecule has 0 radical (unpaired) electrons. The van der Waals surface area contributed by atoms with Gasteiger partial charge in [-0.05, 0) is 336 Å². The molecule has 16 nitrogen and oxygen atoms in total. The van der Waals surface area contributed by atoms with Gasteiger partial charge in [0.1, 0.15) is 11.2 Å². The van der Waals surface area contributed by atoms with Gasteiger partial charge in [-0.15, -0.1) is 30.6 Å². The number of halogens is 1. The second kappa shape index (κ2) is 25.9. The van der Waals surface area contributed by atoms with Crippen LogP contribution in [0.4, 0.5) is 0 Å². The summed E-state index contributed by atoms with van der Waals surface area (Å²) in [5.74, 6) is 23.7. The van der Waals surface area contributed by atoms with E-state index in [0.717, 1.165) is 116 Å². The Labute approximate surface area is 553 Å². The lowest BCUT2D eigenvalue weighted by molar-refractivity contribution is -0.123. The smallest absolute Gasteiger partial charge is 0.162 e. The van der Waals surface area contributed by atoms with Crippen LogP contribution in [0.1, 0.15) is 207 Å². The van der Waals surface area contributed by atoms with Crippen LogP contribution in [0.15, 0.2) is 55.4 Å². The summed E-state index contributed by atoms with van der Waals surface area (Å²) < 4.78 is 5.34. The number of allylic oxidation sites excluding steroid dienone is 3. The third-order valence-electron chi connectivity index (χ3n) is 29.6. The number of tetrazole rings is 3. The molecule has 500 valence electrons. The zero-order chi connectivity index (χ0) is 63.8. The minimum Gasteiger partial charge on any atom is -0.387 e. The first kappa shape index (κ1) is 65.0. The molecule has 0 saturated heterocycles. The number of ether oxygens (including phenoxy) is 1. The Morgan fingerprint density at radius 3 is 1.18 bits per heavy atom. The molecule has 13 aliphatic rings. The van der Waals surface area contributed by atoms with Crippen molar-refractivity contribution in [2.24, 2.45) is 129 Å². The monoisotopic (exact) mass is 1280 g/mol. The SMILES string of the molecule is C=C(Cn1ncnn1)[C@H]1CC[C@H]2[C@@H]3CC[C@H]4C[C@](O)(C#CC5CC5)CC[C@@H]4[C@H]3CC[C@]12C.C=C(Cn1ncnn1)[C@H]1CC[C@H]2[C@@H]3CC[C@H]4C[C@](O)(C#CCl)CC[C@@H]4[C@H]3CC[C@]12C.C=C(Cn1ncnn1)[C@H]1CC[C@H]2[C@@H]3CC[C@H]4C[C@](O)(COC)CC[C@@H]4[C@H]3CC[C@]12C. The van der Waals surface area contributed by atoms with Gasteiger partial charge in [-0.1, -0.05) is 75.0 Å². The van der Waals surface area contributed by atoms with Crippen molar-refractivity contribution in [2.75, 3.05) is 13.7 Å². The number of fused-ring (bicyclic) bond motifs is 15. The molecule has 0 spiro atoms. The summed E-state index contributed by atoms with van der Waals surface area (Å²) in [4.78, 5) is 5.03. The molecule has 3 aromatic heterocycles. The fourth-order valence-corrected chi connectivity index (χ4v) is 25.7. The molecule has 3 N–H and O–H groups in total. The molecule has 0 aromatic carbocycles. The molecule has 0 unspecified atom stereocenters. The summed E-state index contributed by atoms with van der Waals surface area (Å²) in [7, 11) is 1.71. The van der Waals surface area contributed by atoms with Gasteiger partial charge in [-0.25, -0.2) is 0 Å². The van der Waals surface area contributed by atoms with Gasteiger partial charge in [0.05, 0.1) is 31.8 Å². The standard InChI is InChI=1S/C27H38N4O.C24H33ClN4O.C24H38N4O2/c1-18(16-31-29-17-28-30-31)24-7-8-25-23-6-5-20-15-27(32,13-9-19-3-4-19)14-11-21(20)22(23)10-12-26(24,25)2;1-16(14-29-27-15-26-28-29)21-5-6-22-20-4-3-17-13-24(30,11-12-25)10-8-18(17)19(20)7-9-23(21,22)2;1-16(13-28-26-15-25-27-28)21-6-7-22-20-5-4-17-12-24(29,14-30-3)11-9-18(17)19(20)8-10-23(21,22)2/h17,19-25,32H,1,3-8,10-12,14-16H2,2H3;15,17-22,30H,1,3-10,13-14H2,2H3;15,17-22,29H,1,4-14H2,2-3H3/t20-,21-,22+,23+,24+,25-,26+,27-;17-,18-,19+,20+,21+,22-,23+,24+;17-,18-,19+,20+,21+,22-,23+,24-/m000/s1. The Bertz CT molecular complexity index is 3230. The second-order valence-electron chi connectivity index (χ2n) is 33.9. The van der Waals surface area contributed by atoms with Crippen LogP contribution >= 0.6 is 11.6 Å². The summed E-state index contributed by atoms with van der Waals surface area (Å²) in [6.45, 7) is 23.7. The molecular formula is C75H109ClN12O4. The summed E-state index contributed by atoms with van der Waals surface area (Å²) in [6.07, 6.45) is 39.3. The Morgan fingerprint density at radius 1 is 0.457 bits per heavy atom. The van der Waals surface area contributed by atoms with Crippen molar-refractivity contribution >= 4 is 11.6 Å². The van der Waals surface area contributed by atoms with E-state index in [1.807, 2.05) is 0 Å². The van der Waals surface area contributed by atoms with Gasteiger partial charge < -0.3 is 20.1 Å². The Balaban J connectivity index is 0.000000120. The highest BCUT2D eigenvalue weighted by atomic mass is 35.5. The van der Waals surface area contributed by atoms with Crippen molar-refractivity contribution in [3.8, 4) is 23.1 Å². The molecule has 92 heavy (non-hydrogen) atoms. The summed E-state index contributed by atoms with van der Waals surface area (Å²) in [5.41, 5.74) is 2.80. The second-order valence-corrected chi connectivity index (χ2v) is 34.1. The molecular weight excluding hydrogens is 1170 g/mol. The summed E-state index contributed by atoms with van der Waals surface area (Å²) in [5, 5.41) is 71.7. The van der Waals surface area contributed by atoms with E-state index in [-0.39, 0.29) is 0 Å². The molecule has 13 fully saturated rings. The van der Waals surface area contributed by atoms with Gasteiger partial charge in [-0.3, -0.25) is 0 Å². The number of rotatable bonds is 11. The third kappa shape index (κ3) is 12.4. The lowest BCUT2D eigenvalue weighted by Gasteiger charge is -2.57. The van der Waals surface area contributed by atoms with E-state index in [0.29, 0.717) is 83.9 Å². The largest absolute Gasteiger partial charge is 0.387 e. The van der Waals surface area contributed by atoms with Gasteiger partial charge in [0.25, 0.3) is 0 Å². The van der Waals surface area contributed by atoms with Gasteiger partial charge in [0.2, 0.25) is 0 Å². The van der Waals surface area contributed by atoms with Gasteiger partial charge in [-0.2, -0.15) is 14.4 Å². The van der Waals surface area contributed by atoms with Crippen LogP contribution in [0.2, 0.25) is 0 Å². The number of hydrogen-bond donors (Lipinski definition) is 3. The van der Waals surface area contributed by atoms with Crippen molar-refractivity contribution in [2.45, 2.75) is 243 Å². The van der Waals surface area contributed by atoms with Crippen LogP contribution in [0.3, 0.4) is 0 Å². The Kier molecular flexibility index (Phi) is 18.3. The maximum Gasteiger partial charge on any atom is 0.162 e. The van der Waals surface area contributed by atoms with Crippen molar-refractivity contribution in [3.63, 3.8) is 0 Å². The third-order valence-corrected chi connectivity index (χ3v) is 29.7. The van der Waals surface area contributed by atoms with Crippen LogP contribution in [0.5, 0.6) is 0 Å². The number of aliphatic hydroxyl groups is 3. The first-order chi connectivity index (χ1) is 44.3. The minimum atomic E-state index is -0.857. The molecule has 0 amide bonds. The highest BCUT2D eigenvalue weighted by Crippen LogP contribution is 2.69. The molecule has 3 aromatic rings. The van der Waals surface area contributed by atoms with Crippen LogP contribution in [0, 0.1) is 152 Å². The highest BCUT2D eigenvalue weighted by Gasteiger charge is 2.62. The zero-order valence-electron chi connectivity index (χ0n) is 56.2. The molecule has 0 aliphatic heterocycles. The van der Waals surface area contributed by atoms with Crippen molar-refractivity contribution in [1.29, 1.82) is 0 Å². The number of aromatic nitrogens is 12. The molecule has 3 heterocycles. The van der Waals surface area contributed by atoms with E-state index in [9.17, 15) is 15.3 Å². The van der Waals surface area contributed by atoms with Gasteiger partial charge in [0, 0.05) is 18.4 Å². The number of hydrogen-bond acceptors (Lipinski definition) is 13. The van der Waals surface area contributed by atoms with Crippen LogP contribution in [0.25, 0.3) is 0 Å². The number of nitrogens with zero attached hydrogens (tertiary/aromatic N) is 12. The van der Waals surface area contributed by atoms with E-state index in [1.165, 1.54) is 177 Å². The van der Waals surface area contributed by atoms with Crippen LogP contribution in [-0.4, -0.2) is 106 Å². The molecule has 16 rings (SSSR count). The summed E-state index contributed by atoms with van der Waals surface area (Å²) >= 11 is 5.63. The normalized spacial score (nSPS) is 45.2.